The molecule has 1 aromatic rings. The number of halogens is 3. The molecule has 0 atom stereocenters. The van der Waals surface area contributed by atoms with E-state index in [1.807, 2.05) is 22.6 Å². The molecular formula is C10H10F2INO2. The molecule has 0 unspecified atom stereocenters. The fourth-order valence-electron chi connectivity index (χ4n) is 1.18. The van der Waals surface area contributed by atoms with E-state index in [-0.39, 0.29) is 11.6 Å². The van der Waals surface area contributed by atoms with Crippen LogP contribution in [0.25, 0.3) is 0 Å². The van der Waals surface area contributed by atoms with Crippen LogP contribution in [0.4, 0.5) is 8.78 Å². The Hall–Kier alpha value is -0.660. The van der Waals surface area contributed by atoms with Crippen LogP contribution in [0.5, 0.6) is 11.6 Å². The van der Waals surface area contributed by atoms with Gasteiger partial charge in [0, 0.05) is 0 Å². The number of ether oxygens (including phenoxy) is 2. The largest absolute Gasteiger partial charge is 0.475 e. The predicted octanol–water partition coefficient (Wildman–Crippen LogP) is 3.08. The molecule has 0 bridgehead atoms. The molecule has 0 N–H and O–H groups in total. The van der Waals surface area contributed by atoms with Gasteiger partial charge in [0.2, 0.25) is 0 Å². The van der Waals surface area contributed by atoms with E-state index in [0.29, 0.717) is 16.2 Å². The fraction of sp³-hybridized carbons (Fsp3) is 0.500. The van der Waals surface area contributed by atoms with Gasteiger partial charge in [-0.05, 0) is 53.5 Å². The summed E-state index contributed by atoms with van der Waals surface area (Å²) in [5.41, 5.74) is 0. The minimum absolute atomic E-state index is 0.00364. The van der Waals surface area contributed by atoms with Crippen molar-refractivity contribution in [2.45, 2.75) is 19.5 Å². The van der Waals surface area contributed by atoms with Gasteiger partial charge in [-0.3, -0.25) is 0 Å². The van der Waals surface area contributed by atoms with Crippen molar-refractivity contribution in [3.63, 3.8) is 0 Å². The molecule has 0 saturated heterocycles. The molecule has 88 valence electrons. The van der Waals surface area contributed by atoms with Crippen molar-refractivity contribution in [3.05, 3.63) is 15.8 Å². The van der Waals surface area contributed by atoms with E-state index in [9.17, 15) is 8.78 Å². The lowest BCUT2D eigenvalue weighted by molar-refractivity contribution is -0.0519. The van der Waals surface area contributed by atoms with Crippen LogP contribution < -0.4 is 9.47 Å². The molecule has 1 aliphatic carbocycles. The Bertz CT molecular complexity index is 372. The fourth-order valence-corrected chi connectivity index (χ4v) is 1.57. The van der Waals surface area contributed by atoms with Gasteiger partial charge in [0.15, 0.2) is 5.75 Å². The standard InChI is InChI=1S/C10H10F2INO2/c11-10(12)16-7-3-4-8(13)14-9(7)15-5-6-1-2-6/h3-4,6,10H,1-2,5H2. The van der Waals surface area contributed by atoms with E-state index in [0.717, 1.165) is 12.8 Å². The maximum absolute atomic E-state index is 12.1. The van der Waals surface area contributed by atoms with Gasteiger partial charge in [-0.15, -0.1) is 0 Å². The first-order valence-electron chi connectivity index (χ1n) is 4.89. The Morgan fingerprint density at radius 1 is 1.44 bits per heavy atom. The number of rotatable bonds is 5. The lowest BCUT2D eigenvalue weighted by Gasteiger charge is -2.10. The minimum Gasteiger partial charge on any atom is -0.475 e. The number of pyridine rings is 1. The molecule has 16 heavy (non-hydrogen) atoms. The maximum atomic E-state index is 12.1. The highest BCUT2D eigenvalue weighted by atomic mass is 127. The molecule has 0 aromatic carbocycles. The predicted molar refractivity (Wildman–Crippen MR) is 61.8 cm³/mol. The van der Waals surface area contributed by atoms with E-state index < -0.39 is 6.61 Å². The first kappa shape index (κ1) is 11.8. The maximum Gasteiger partial charge on any atom is 0.387 e. The van der Waals surface area contributed by atoms with Crippen molar-refractivity contribution < 1.29 is 18.3 Å². The quantitative estimate of drug-likeness (QED) is 0.609. The minimum atomic E-state index is -2.86. The van der Waals surface area contributed by atoms with Gasteiger partial charge in [0.25, 0.3) is 5.88 Å². The first-order valence-corrected chi connectivity index (χ1v) is 5.97. The van der Waals surface area contributed by atoms with Gasteiger partial charge >= 0.3 is 6.61 Å². The van der Waals surface area contributed by atoms with Crippen LogP contribution in [0.3, 0.4) is 0 Å². The molecule has 0 amide bonds. The third kappa shape index (κ3) is 3.43. The van der Waals surface area contributed by atoms with Crippen LogP contribution >= 0.6 is 22.6 Å². The van der Waals surface area contributed by atoms with E-state index >= 15 is 0 Å². The molecule has 1 aliphatic rings. The van der Waals surface area contributed by atoms with E-state index in [2.05, 4.69) is 9.72 Å². The van der Waals surface area contributed by atoms with Crippen molar-refractivity contribution in [1.29, 1.82) is 0 Å². The summed E-state index contributed by atoms with van der Waals surface area (Å²) in [4.78, 5) is 4.03. The summed E-state index contributed by atoms with van der Waals surface area (Å²) in [6.45, 7) is -2.34. The first-order chi connectivity index (χ1) is 7.65. The highest BCUT2D eigenvalue weighted by Crippen LogP contribution is 2.32. The Balaban J connectivity index is 2.07. The van der Waals surface area contributed by atoms with Crippen molar-refractivity contribution >= 4 is 22.6 Å². The summed E-state index contributed by atoms with van der Waals surface area (Å²) in [5.74, 6) is 0.689. The second kappa shape index (κ2) is 5.11. The second-order valence-electron chi connectivity index (χ2n) is 3.57. The number of alkyl halides is 2. The number of hydrogen-bond acceptors (Lipinski definition) is 3. The summed E-state index contributed by atoms with van der Waals surface area (Å²) in [6.07, 6.45) is 2.27. The van der Waals surface area contributed by atoms with E-state index in [4.69, 9.17) is 4.74 Å². The summed E-state index contributed by atoms with van der Waals surface area (Å²) in [7, 11) is 0. The van der Waals surface area contributed by atoms with Gasteiger partial charge in [-0.25, -0.2) is 4.98 Å². The monoisotopic (exact) mass is 341 g/mol. The summed E-state index contributed by atoms with van der Waals surface area (Å²) < 4.78 is 34.6. The molecule has 1 fully saturated rings. The third-order valence-corrected chi connectivity index (χ3v) is 2.76. The van der Waals surface area contributed by atoms with Crippen LogP contribution in [-0.4, -0.2) is 18.2 Å². The molecule has 1 heterocycles. The smallest absolute Gasteiger partial charge is 0.387 e. The van der Waals surface area contributed by atoms with Crippen molar-refractivity contribution in [2.75, 3.05) is 6.61 Å². The van der Waals surface area contributed by atoms with E-state index in [1.54, 1.807) is 6.07 Å². The molecule has 2 rings (SSSR count). The zero-order valence-electron chi connectivity index (χ0n) is 8.33. The Morgan fingerprint density at radius 3 is 2.81 bits per heavy atom. The molecular weight excluding hydrogens is 331 g/mol. The average molecular weight is 341 g/mol. The van der Waals surface area contributed by atoms with Crippen LogP contribution in [0.2, 0.25) is 0 Å². The zero-order valence-corrected chi connectivity index (χ0v) is 10.5. The molecule has 1 saturated carbocycles. The highest BCUT2D eigenvalue weighted by molar-refractivity contribution is 14.1. The molecule has 1 aromatic heterocycles. The summed E-state index contributed by atoms with van der Waals surface area (Å²) in [6, 6.07) is 3.05. The van der Waals surface area contributed by atoms with Gasteiger partial charge < -0.3 is 9.47 Å². The Labute approximate surface area is 105 Å². The SMILES string of the molecule is FC(F)Oc1ccc(I)nc1OCC1CC1. The van der Waals surface area contributed by atoms with Crippen LogP contribution in [0.1, 0.15) is 12.8 Å². The van der Waals surface area contributed by atoms with E-state index in [1.165, 1.54) is 6.07 Å². The highest BCUT2D eigenvalue weighted by Gasteiger charge is 2.23. The molecule has 0 spiro atoms. The number of nitrogens with zero attached hydrogens (tertiary/aromatic N) is 1. The summed E-state index contributed by atoms with van der Waals surface area (Å²) >= 11 is 1.99. The van der Waals surface area contributed by atoms with Crippen LogP contribution in [-0.2, 0) is 0 Å². The third-order valence-electron chi connectivity index (χ3n) is 2.16. The molecule has 3 nitrogen and oxygen atoms in total. The van der Waals surface area contributed by atoms with Crippen molar-refractivity contribution in [2.24, 2.45) is 5.92 Å². The molecule has 0 aliphatic heterocycles. The van der Waals surface area contributed by atoms with Gasteiger partial charge in [0.05, 0.1) is 6.61 Å². The topological polar surface area (TPSA) is 31.4 Å². The Kier molecular flexibility index (Phi) is 3.78. The lowest BCUT2D eigenvalue weighted by Crippen LogP contribution is -2.07. The van der Waals surface area contributed by atoms with Crippen LogP contribution in [0, 0.1) is 9.62 Å². The van der Waals surface area contributed by atoms with Gasteiger partial charge in [0.1, 0.15) is 3.70 Å². The lowest BCUT2D eigenvalue weighted by atomic mass is 10.4. The van der Waals surface area contributed by atoms with Crippen molar-refractivity contribution in [1.82, 2.24) is 4.98 Å². The second-order valence-corrected chi connectivity index (χ2v) is 4.68. The van der Waals surface area contributed by atoms with Crippen molar-refractivity contribution in [3.8, 4) is 11.6 Å². The average Bonchev–Trinajstić information content (AvgIpc) is 3.01. The number of aromatic nitrogens is 1. The molecule has 6 heteroatoms. The zero-order chi connectivity index (χ0) is 11.5. The Morgan fingerprint density at radius 2 is 2.19 bits per heavy atom. The van der Waals surface area contributed by atoms with Gasteiger partial charge in [-0.2, -0.15) is 8.78 Å². The van der Waals surface area contributed by atoms with Crippen LogP contribution in [0.15, 0.2) is 12.1 Å². The molecule has 0 radical (unpaired) electrons. The number of hydrogen-bond donors (Lipinski definition) is 0. The summed E-state index contributed by atoms with van der Waals surface area (Å²) in [5, 5.41) is 0. The van der Waals surface area contributed by atoms with Gasteiger partial charge in [-0.1, -0.05) is 0 Å². The normalized spacial score (nSPS) is 15.2.